The Labute approximate surface area is 121 Å². The smallest absolute Gasteiger partial charge is 0.327 e. The van der Waals surface area contributed by atoms with Crippen LogP contribution in [0.25, 0.3) is 0 Å². The first kappa shape index (κ1) is 26.4. The molecular weight excluding hydrogens is 286 g/mol. The lowest BCUT2D eigenvalue weighted by Gasteiger charge is -1.79. The normalized spacial score (nSPS) is 6.33. The lowest BCUT2D eigenvalue weighted by Crippen LogP contribution is -1.82. The first-order valence-corrected chi connectivity index (χ1v) is 4.98. The molecule has 0 spiro atoms. The summed E-state index contributed by atoms with van der Waals surface area (Å²) in [5, 5.41) is 25.6. The van der Waals surface area contributed by atoms with Gasteiger partial charge in [-0.15, -0.1) is 0 Å². The van der Waals surface area contributed by atoms with E-state index in [-0.39, 0.29) is 0 Å². The molecule has 0 aromatic carbocycles. The van der Waals surface area contributed by atoms with E-state index in [1.165, 1.54) is 6.08 Å². The van der Waals surface area contributed by atoms with E-state index < -0.39 is 17.9 Å². The molecule has 0 saturated carbocycles. The van der Waals surface area contributed by atoms with Gasteiger partial charge in [-0.1, -0.05) is 19.7 Å². The highest BCUT2D eigenvalue weighted by Gasteiger charge is 1.74. The van der Waals surface area contributed by atoms with Crippen molar-refractivity contribution < 1.29 is 39.3 Å². The Morgan fingerprint density at radius 2 is 1.24 bits per heavy atom. The summed E-state index contributed by atoms with van der Waals surface area (Å²) < 4.78 is 0. The summed E-state index contributed by atoms with van der Waals surface area (Å²) >= 11 is 0. The number of isocyanates is 1. The van der Waals surface area contributed by atoms with Crippen LogP contribution in [0, 0.1) is 0 Å². The molecule has 0 unspecified atom stereocenters. The zero-order valence-electron chi connectivity index (χ0n) is 11.4. The number of hydrogen-bond acceptors (Lipinski definition) is 6. The Kier molecular flexibility index (Phi) is 32.2. The van der Waals surface area contributed by atoms with Crippen LogP contribution in [0.2, 0.25) is 0 Å². The van der Waals surface area contributed by atoms with Crippen molar-refractivity contribution in [3.05, 3.63) is 38.0 Å². The van der Waals surface area contributed by atoms with Gasteiger partial charge in [0.2, 0.25) is 0 Å². The second-order valence-electron chi connectivity index (χ2n) is 2.23. The van der Waals surface area contributed by atoms with E-state index in [0.717, 1.165) is 18.2 Å². The number of aliphatic carboxylic acids is 3. The molecule has 0 aliphatic rings. The van der Waals surface area contributed by atoms with Gasteiger partial charge in [0, 0.05) is 23.4 Å². The average Bonchev–Trinajstić information content (AvgIpc) is 2.46. The highest BCUT2D eigenvalue weighted by molar-refractivity contribution is 5.79. The summed E-state index contributed by atoms with van der Waals surface area (Å²) in [6, 6.07) is 0. The molecule has 0 aromatic rings. The molecule has 3 N–H and O–H groups in total. The number of nitrogens with zero attached hydrogens (tertiary/aromatic N) is 1. The molecule has 0 heterocycles. The molecule has 0 radical (unpaired) electrons. The van der Waals surface area contributed by atoms with E-state index in [9.17, 15) is 14.4 Å². The third-order valence-corrected chi connectivity index (χ3v) is 0.755. The minimum Gasteiger partial charge on any atom is -0.478 e. The number of rotatable bonds is 5. The molecule has 9 nitrogen and oxygen atoms in total. The molecule has 0 amide bonds. The maximum atomic E-state index is 9.25. The molecular formula is C12H17NO8. The number of carboxylic acids is 3. The first-order valence-electron chi connectivity index (χ1n) is 4.98. The van der Waals surface area contributed by atoms with Gasteiger partial charge in [0.05, 0.1) is 0 Å². The second-order valence-corrected chi connectivity index (χ2v) is 2.23. The van der Waals surface area contributed by atoms with E-state index in [0.29, 0.717) is 6.61 Å². The molecule has 9 heteroatoms. The SMILES string of the molecule is C=CC(=O)O.C=CC(=O)O.C=CC(=O)O.CCON=C=O. The van der Waals surface area contributed by atoms with E-state index >= 15 is 0 Å². The van der Waals surface area contributed by atoms with Crippen LogP contribution in [0.3, 0.4) is 0 Å². The summed E-state index contributed by atoms with van der Waals surface area (Å²) in [7, 11) is 0. The lowest BCUT2D eigenvalue weighted by atomic mass is 10.7. The predicted octanol–water partition coefficient (Wildman–Crippen LogP) is 1.04. The molecule has 0 rings (SSSR count). The van der Waals surface area contributed by atoms with Crippen molar-refractivity contribution in [3.63, 3.8) is 0 Å². The van der Waals surface area contributed by atoms with Crippen LogP contribution in [0.5, 0.6) is 0 Å². The largest absolute Gasteiger partial charge is 0.478 e. The number of hydrogen-bond donors (Lipinski definition) is 3. The second kappa shape index (κ2) is 25.6. The van der Waals surface area contributed by atoms with E-state index in [4.69, 9.17) is 20.1 Å². The van der Waals surface area contributed by atoms with Gasteiger partial charge < -0.3 is 20.2 Å². The Morgan fingerprint density at radius 1 is 1.00 bits per heavy atom. The number of carbonyl (C=O) groups excluding carboxylic acids is 1. The fourth-order valence-electron chi connectivity index (χ4n) is 0.0909. The van der Waals surface area contributed by atoms with Crippen LogP contribution in [-0.2, 0) is 24.0 Å². The Balaban J connectivity index is -0.0000000921. The van der Waals surface area contributed by atoms with Crippen molar-refractivity contribution >= 4 is 24.0 Å². The van der Waals surface area contributed by atoms with Gasteiger partial charge in [-0.2, -0.15) is 0 Å². The predicted molar refractivity (Wildman–Crippen MR) is 73.2 cm³/mol. The van der Waals surface area contributed by atoms with Crippen LogP contribution in [0.15, 0.2) is 43.1 Å². The summed E-state index contributed by atoms with van der Waals surface area (Å²) in [6.45, 7) is 11.0. The van der Waals surface area contributed by atoms with Gasteiger partial charge in [-0.05, 0) is 6.92 Å². The van der Waals surface area contributed by atoms with Crippen molar-refractivity contribution in [1.82, 2.24) is 0 Å². The highest BCUT2D eigenvalue weighted by atomic mass is 16.6. The van der Waals surface area contributed by atoms with Gasteiger partial charge in [-0.25, -0.2) is 19.2 Å². The molecule has 21 heavy (non-hydrogen) atoms. The standard InChI is InChI=1S/C3H5NO2.3C3H4O2/c1-2-6-4-3-5;3*1-2-3(4)5/h2H2,1H3;3*2H,1H2,(H,4,5). The molecule has 0 saturated heterocycles. The average molecular weight is 303 g/mol. The topological polar surface area (TPSA) is 151 Å². The van der Waals surface area contributed by atoms with Crippen LogP contribution in [-0.4, -0.2) is 45.9 Å². The Hall–Kier alpha value is -3.19. The summed E-state index contributed by atoms with van der Waals surface area (Å²) in [5.41, 5.74) is 0. The van der Waals surface area contributed by atoms with E-state index in [2.05, 4.69) is 29.7 Å². The fraction of sp³-hybridized carbons (Fsp3) is 0.167. The Morgan fingerprint density at radius 3 is 1.29 bits per heavy atom. The molecule has 118 valence electrons. The Bertz CT molecular complexity index is 340. The van der Waals surface area contributed by atoms with E-state index in [1.54, 1.807) is 6.92 Å². The van der Waals surface area contributed by atoms with Gasteiger partial charge in [0.25, 0.3) is 6.08 Å². The molecule has 0 fully saturated rings. The lowest BCUT2D eigenvalue weighted by molar-refractivity contribution is -0.132. The zero-order chi connectivity index (χ0) is 17.7. The number of carbonyl (C=O) groups is 3. The monoisotopic (exact) mass is 303 g/mol. The van der Waals surface area contributed by atoms with Gasteiger partial charge >= 0.3 is 17.9 Å². The highest BCUT2D eigenvalue weighted by Crippen LogP contribution is 1.65. The third kappa shape index (κ3) is 109. The maximum absolute atomic E-state index is 9.25. The first-order chi connectivity index (χ1) is 9.72. The van der Waals surface area contributed by atoms with E-state index in [1.807, 2.05) is 0 Å². The van der Waals surface area contributed by atoms with Crippen molar-refractivity contribution in [1.29, 1.82) is 0 Å². The quantitative estimate of drug-likeness (QED) is 0.295. The molecule has 0 aliphatic carbocycles. The summed E-state index contributed by atoms with van der Waals surface area (Å²) in [4.78, 5) is 41.1. The van der Waals surface area contributed by atoms with Crippen molar-refractivity contribution in [2.24, 2.45) is 5.16 Å². The van der Waals surface area contributed by atoms with Gasteiger partial charge in [0.15, 0.2) is 0 Å². The third-order valence-electron chi connectivity index (χ3n) is 0.755. The summed E-state index contributed by atoms with van der Waals surface area (Å²) in [6.07, 6.45) is 3.72. The molecule has 0 atom stereocenters. The molecule has 0 bridgehead atoms. The number of carboxylic acid groups (broad SMARTS) is 3. The minimum atomic E-state index is -0.981. The fourth-order valence-corrected chi connectivity index (χ4v) is 0.0909. The minimum absolute atomic E-state index is 0.426. The molecule has 0 aromatic heterocycles. The van der Waals surface area contributed by atoms with Gasteiger partial charge in [0.1, 0.15) is 6.61 Å². The van der Waals surface area contributed by atoms with Crippen LogP contribution in [0.1, 0.15) is 6.92 Å². The van der Waals surface area contributed by atoms with Crippen LogP contribution in [0.4, 0.5) is 0 Å². The van der Waals surface area contributed by atoms with Crippen molar-refractivity contribution in [3.8, 4) is 0 Å². The van der Waals surface area contributed by atoms with Crippen molar-refractivity contribution in [2.75, 3.05) is 6.61 Å². The van der Waals surface area contributed by atoms with Crippen molar-refractivity contribution in [2.45, 2.75) is 6.92 Å². The summed E-state index contributed by atoms with van der Waals surface area (Å²) in [5.74, 6) is -2.94. The molecule has 0 aliphatic heterocycles. The van der Waals surface area contributed by atoms with Gasteiger partial charge in [-0.3, -0.25) is 0 Å². The maximum Gasteiger partial charge on any atom is 0.327 e. The van der Waals surface area contributed by atoms with Crippen LogP contribution < -0.4 is 0 Å². The van der Waals surface area contributed by atoms with Crippen LogP contribution >= 0.6 is 0 Å². The zero-order valence-corrected chi connectivity index (χ0v) is 11.4.